The van der Waals surface area contributed by atoms with Crippen LogP contribution in [-0.2, 0) is 31.3 Å². The SMILES string of the molecule is CS(=O)(=O)Nc1cc([C@H](O)CNCC2CCN(S(=O)(=O)c3ccc(-c4noc(CCC(=O)O)n4)cc3)CC2)ccc1O. The van der Waals surface area contributed by atoms with Crippen molar-refractivity contribution in [2.24, 2.45) is 5.92 Å². The van der Waals surface area contributed by atoms with E-state index in [1.54, 1.807) is 12.1 Å². The van der Waals surface area contributed by atoms with Crippen molar-refractivity contribution in [3.8, 4) is 17.1 Å². The number of phenolic OH excluding ortho intramolecular Hbond substituents is 1. The molecule has 0 saturated carbocycles. The fraction of sp³-hybridized carbons (Fsp3) is 0.423. The molecule has 0 amide bonds. The number of aliphatic carboxylic acids is 1. The predicted molar refractivity (Wildman–Crippen MR) is 152 cm³/mol. The van der Waals surface area contributed by atoms with E-state index in [0.717, 1.165) is 6.26 Å². The minimum Gasteiger partial charge on any atom is -0.506 e. The fourth-order valence-corrected chi connectivity index (χ4v) is 6.58. The molecule has 14 nitrogen and oxygen atoms in total. The van der Waals surface area contributed by atoms with Gasteiger partial charge in [-0.25, -0.2) is 16.8 Å². The van der Waals surface area contributed by atoms with Gasteiger partial charge in [0.25, 0.3) is 0 Å². The second kappa shape index (κ2) is 13.2. The minimum atomic E-state index is -3.71. The molecule has 3 aromatic rings. The van der Waals surface area contributed by atoms with Gasteiger partial charge in [0.2, 0.25) is 31.8 Å². The minimum absolute atomic E-state index is 0.0193. The second-order valence-electron chi connectivity index (χ2n) is 10.1. The number of hydrogen-bond donors (Lipinski definition) is 5. The van der Waals surface area contributed by atoms with Crippen molar-refractivity contribution in [2.45, 2.75) is 36.7 Å². The lowest BCUT2D eigenvalue weighted by atomic mass is 9.98. The molecule has 2 aromatic carbocycles. The van der Waals surface area contributed by atoms with Gasteiger partial charge in [-0.15, -0.1) is 0 Å². The fourth-order valence-electron chi connectivity index (χ4n) is 4.55. The summed E-state index contributed by atoms with van der Waals surface area (Å²) >= 11 is 0. The quantitative estimate of drug-likeness (QED) is 0.172. The van der Waals surface area contributed by atoms with Gasteiger partial charge in [-0.1, -0.05) is 11.2 Å². The number of carboxylic acid groups (broad SMARTS) is 1. The summed E-state index contributed by atoms with van der Waals surface area (Å²) in [5.74, 6) is -0.601. The first-order chi connectivity index (χ1) is 19.8. The monoisotopic (exact) mass is 623 g/mol. The lowest BCUT2D eigenvalue weighted by molar-refractivity contribution is -0.137. The van der Waals surface area contributed by atoms with Crippen molar-refractivity contribution < 1.29 is 41.5 Å². The van der Waals surface area contributed by atoms with E-state index in [-0.39, 0.29) is 53.4 Å². The van der Waals surface area contributed by atoms with E-state index in [9.17, 15) is 31.8 Å². The molecule has 5 N–H and O–H groups in total. The van der Waals surface area contributed by atoms with Crippen LogP contribution in [0.3, 0.4) is 0 Å². The van der Waals surface area contributed by atoms with Gasteiger partial charge in [-0.3, -0.25) is 9.52 Å². The van der Waals surface area contributed by atoms with Crippen LogP contribution in [0.15, 0.2) is 51.9 Å². The number of rotatable bonds is 13. The predicted octanol–water partition coefficient (Wildman–Crippen LogP) is 1.55. The highest BCUT2D eigenvalue weighted by atomic mass is 32.2. The summed E-state index contributed by atoms with van der Waals surface area (Å²) in [6, 6.07) is 10.3. The Labute approximate surface area is 243 Å². The number of nitrogens with one attached hydrogen (secondary N) is 2. The first-order valence-electron chi connectivity index (χ1n) is 13.2. The molecule has 2 heterocycles. The van der Waals surface area contributed by atoms with Crippen molar-refractivity contribution in [3.05, 3.63) is 53.9 Å². The van der Waals surface area contributed by atoms with E-state index in [0.29, 0.717) is 43.6 Å². The second-order valence-corrected chi connectivity index (χ2v) is 13.8. The van der Waals surface area contributed by atoms with Gasteiger partial charge in [-0.05, 0) is 67.3 Å². The standard InChI is InChI=1S/C26H33N5O9S2/c1-41(36,37)30-21-14-19(4-7-22(21)32)23(33)16-27-15-17-10-12-31(13-11-17)42(38,39)20-5-2-18(3-6-20)26-28-24(40-29-26)8-9-25(34)35/h2-7,14,17,23,27,30,32-33H,8-13,15-16H2,1H3,(H,34,35)/t23-/m1/s1. The van der Waals surface area contributed by atoms with E-state index in [4.69, 9.17) is 9.63 Å². The van der Waals surface area contributed by atoms with Crippen LogP contribution in [0.4, 0.5) is 5.69 Å². The van der Waals surface area contributed by atoms with Crippen LogP contribution >= 0.6 is 0 Å². The van der Waals surface area contributed by atoms with E-state index < -0.39 is 32.1 Å². The molecule has 0 unspecified atom stereocenters. The average Bonchev–Trinajstić information content (AvgIpc) is 3.42. The Bertz CT molecular complexity index is 1600. The molecule has 1 aromatic heterocycles. The number of phenols is 1. The molecule has 42 heavy (non-hydrogen) atoms. The van der Waals surface area contributed by atoms with E-state index >= 15 is 0 Å². The van der Waals surface area contributed by atoms with Crippen molar-refractivity contribution >= 4 is 31.7 Å². The normalized spacial score (nSPS) is 15.9. The average molecular weight is 624 g/mol. The van der Waals surface area contributed by atoms with Gasteiger partial charge in [0.15, 0.2) is 0 Å². The zero-order valence-electron chi connectivity index (χ0n) is 22.8. The van der Waals surface area contributed by atoms with Crippen LogP contribution in [0.25, 0.3) is 11.4 Å². The summed E-state index contributed by atoms with van der Waals surface area (Å²) in [6.45, 7) is 1.44. The molecule has 4 rings (SSSR count). The molecule has 1 fully saturated rings. The number of aliphatic hydroxyl groups is 1. The van der Waals surface area contributed by atoms with Gasteiger partial charge < -0.3 is 25.2 Å². The van der Waals surface area contributed by atoms with Crippen LogP contribution in [0.1, 0.15) is 36.8 Å². The number of aromatic nitrogens is 2. The van der Waals surface area contributed by atoms with Gasteiger partial charge in [0, 0.05) is 31.6 Å². The number of benzene rings is 2. The summed E-state index contributed by atoms with van der Waals surface area (Å²) in [5, 5.41) is 36.2. The summed E-state index contributed by atoms with van der Waals surface area (Å²) in [6.07, 6.45) is 1.24. The highest BCUT2D eigenvalue weighted by Crippen LogP contribution is 2.28. The number of sulfonamides is 2. The molecule has 16 heteroatoms. The number of nitrogens with zero attached hydrogens (tertiary/aromatic N) is 3. The summed E-state index contributed by atoms with van der Waals surface area (Å²) < 4.78 is 58.1. The molecule has 0 spiro atoms. The lowest BCUT2D eigenvalue weighted by Gasteiger charge is -2.31. The molecule has 1 atom stereocenters. The van der Waals surface area contributed by atoms with E-state index in [1.165, 1.54) is 34.6 Å². The maximum atomic E-state index is 13.2. The molecule has 1 saturated heterocycles. The molecule has 1 aliphatic heterocycles. The van der Waals surface area contributed by atoms with Crippen molar-refractivity contribution in [2.75, 3.05) is 37.2 Å². The smallest absolute Gasteiger partial charge is 0.303 e. The van der Waals surface area contributed by atoms with Gasteiger partial charge in [0.05, 0.1) is 29.4 Å². The maximum absolute atomic E-state index is 13.2. The Morgan fingerprint density at radius 1 is 1.12 bits per heavy atom. The first-order valence-corrected chi connectivity index (χ1v) is 16.5. The highest BCUT2D eigenvalue weighted by molar-refractivity contribution is 7.92. The van der Waals surface area contributed by atoms with Crippen molar-refractivity contribution in [1.82, 2.24) is 19.8 Å². The maximum Gasteiger partial charge on any atom is 0.303 e. The van der Waals surface area contributed by atoms with E-state index in [1.807, 2.05) is 0 Å². The largest absolute Gasteiger partial charge is 0.506 e. The van der Waals surface area contributed by atoms with Crippen LogP contribution in [0.5, 0.6) is 5.75 Å². The van der Waals surface area contributed by atoms with Crippen LogP contribution < -0.4 is 10.0 Å². The summed E-state index contributed by atoms with van der Waals surface area (Å²) in [4.78, 5) is 15.0. The van der Waals surface area contributed by atoms with Gasteiger partial charge in [0.1, 0.15) is 5.75 Å². The number of aryl methyl sites for hydroxylation is 1. The molecule has 228 valence electrons. The number of carboxylic acids is 1. The Morgan fingerprint density at radius 2 is 1.81 bits per heavy atom. The summed E-state index contributed by atoms with van der Waals surface area (Å²) in [5.41, 5.74) is 0.951. The number of piperidine rings is 1. The number of hydrogen-bond acceptors (Lipinski definition) is 11. The molecule has 0 bridgehead atoms. The van der Waals surface area contributed by atoms with E-state index in [2.05, 4.69) is 20.2 Å². The van der Waals surface area contributed by atoms with Crippen molar-refractivity contribution in [1.29, 1.82) is 0 Å². The lowest BCUT2D eigenvalue weighted by Crippen LogP contribution is -2.41. The Hall–Kier alpha value is -3.57. The highest BCUT2D eigenvalue weighted by Gasteiger charge is 2.29. The third-order valence-corrected chi connectivity index (χ3v) is 9.32. The van der Waals surface area contributed by atoms with Crippen molar-refractivity contribution in [3.63, 3.8) is 0 Å². The number of anilines is 1. The summed E-state index contributed by atoms with van der Waals surface area (Å²) in [7, 11) is -7.31. The molecule has 0 aliphatic carbocycles. The Kier molecular flexibility index (Phi) is 9.83. The molecular formula is C26H33N5O9S2. The van der Waals surface area contributed by atoms with Crippen LogP contribution in [0, 0.1) is 5.92 Å². The van der Waals surface area contributed by atoms with Gasteiger partial charge in [-0.2, -0.15) is 9.29 Å². The zero-order chi connectivity index (χ0) is 30.5. The Balaban J connectivity index is 1.26. The Morgan fingerprint density at radius 3 is 2.45 bits per heavy atom. The number of aromatic hydroxyl groups is 1. The molecular weight excluding hydrogens is 590 g/mol. The van der Waals surface area contributed by atoms with Crippen LogP contribution in [0.2, 0.25) is 0 Å². The van der Waals surface area contributed by atoms with Crippen LogP contribution in [-0.4, -0.2) is 85.0 Å². The zero-order valence-corrected chi connectivity index (χ0v) is 24.4. The number of carbonyl (C=O) groups is 1. The molecule has 1 aliphatic rings. The first kappa shape index (κ1) is 31.4. The third-order valence-electron chi connectivity index (χ3n) is 6.82. The van der Waals surface area contributed by atoms with Gasteiger partial charge >= 0.3 is 5.97 Å². The molecule has 0 radical (unpaired) electrons. The third kappa shape index (κ3) is 8.25. The number of aliphatic hydroxyl groups excluding tert-OH is 1. The topological polar surface area (TPSA) is 212 Å².